The first kappa shape index (κ1) is 10.4. The van der Waals surface area contributed by atoms with E-state index in [4.69, 9.17) is 0 Å². The normalized spacial score (nSPS) is 18.7. The third-order valence-corrected chi connectivity index (χ3v) is 3.81. The van der Waals surface area contributed by atoms with Gasteiger partial charge in [-0.3, -0.25) is 0 Å². The first-order chi connectivity index (χ1) is 7.55. The van der Waals surface area contributed by atoms with Crippen LogP contribution in [0.2, 0.25) is 0 Å². The van der Waals surface area contributed by atoms with Crippen molar-refractivity contribution in [3.63, 3.8) is 0 Å². The highest BCUT2D eigenvalue weighted by Gasteiger charge is 2.27. The van der Waals surface area contributed by atoms with Gasteiger partial charge in [-0.25, -0.2) is 0 Å². The van der Waals surface area contributed by atoms with E-state index in [1.54, 1.807) is 0 Å². The van der Waals surface area contributed by atoms with E-state index in [0.29, 0.717) is 0 Å². The Labute approximate surface area is 104 Å². The van der Waals surface area contributed by atoms with Gasteiger partial charge in [0, 0.05) is 33.2 Å². The zero-order valence-corrected chi connectivity index (χ0v) is 11.1. The molecule has 0 saturated heterocycles. The Morgan fingerprint density at radius 3 is 2.94 bits per heavy atom. The molecule has 16 heavy (non-hydrogen) atoms. The molecule has 0 aliphatic carbocycles. The summed E-state index contributed by atoms with van der Waals surface area (Å²) < 4.78 is 1.13. The molecular weight excluding hydrogens is 264 g/mol. The fourth-order valence-electron chi connectivity index (χ4n) is 2.47. The van der Waals surface area contributed by atoms with Crippen LogP contribution in [0.15, 0.2) is 22.7 Å². The van der Waals surface area contributed by atoms with Gasteiger partial charge >= 0.3 is 0 Å². The zero-order chi connectivity index (χ0) is 11.3. The molecule has 0 atom stereocenters. The summed E-state index contributed by atoms with van der Waals surface area (Å²) in [7, 11) is 0. The number of halogens is 1. The second-order valence-electron chi connectivity index (χ2n) is 5.19. The number of aromatic nitrogens is 1. The predicted molar refractivity (Wildman–Crippen MR) is 70.6 cm³/mol. The molecule has 84 valence electrons. The summed E-state index contributed by atoms with van der Waals surface area (Å²) >= 11 is 3.51. The molecule has 3 rings (SSSR count). The fraction of sp³-hybridized carbons (Fsp3) is 0.385. The Kier molecular flexibility index (Phi) is 2.17. The van der Waals surface area contributed by atoms with Crippen LogP contribution in [0.1, 0.15) is 25.1 Å². The van der Waals surface area contributed by atoms with E-state index in [1.165, 1.54) is 22.2 Å². The van der Waals surface area contributed by atoms with Gasteiger partial charge in [0.2, 0.25) is 0 Å². The van der Waals surface area contributed by atoms with Crippen molar-refractivity contribution in [1.29, 1.82) is 0 Å². The van der Waals surface area contributed by atoms with Gasteiger partial charge in [0.25, 0.3) is 0 Å². The minimum atomic E-state index is 0.204. The van der Waals surface area contributed by atoms with Crippen LogP contribution >= 0.6 is 15.9 Å². The average molecular weight is 279 g/mol. The highest BCUT2D eigenvalue weighted by Crippen LogP contribution is 2.31. The van der Waals surface area contributed by atoms with Crippen molar-refractivity contribution in [2.75, 3.05) is 0 Å². The minimum absolute atomic E-state index is 0.204. The molecule has 1 aliphatic rings. The van der Waals surface area contributed by atoms with Crippen LogP contribution < -0.4 is 5.32 Å². The van der Waals surface area contributed by atoms with Gasteiger partial charge in [-0.15, -0.1) is 0 Å². The quantitative estimate of drug-likeness (QED) is 0.760. The highest BCUT2D eigenvalue weighted by molar-refractivity contribution is 9.10. The smallest absolute Gasteiger partial charge is 0.0470 e. The molecule has 2 N–H and O–H groups in total. The number of rotatable bonds is 0. The molecule has 2 aromatic rings. The van der Waals surface area contributed by atoms with Gasteiger partial charge in [0.1, 0.15) is 0 Å². The third kappa shape index (κ3) is 1.59. The van der Waals surface area contributed by atoms with E-state index in [1.807, 2.05) is 0 Å². The largest absolute Gasteiger partial charge is 0.357 e. The lowest BCUT2D eigenvalue weighted by atomic mass is 9.89. The lowest BCUT2D eigenvalue weighted by molar-refractivity contribution is 0.361. The topological polar surface area (TPSA) is 27.8 Å². The molecule has 0 fully saturated rings. The Morgan fingerprint density at radius 1 is 1.31 bits per heavy atom. The average Bonchev–Trinajstić information content (AvgIpc) is 2.53. The van der Waals surface area contributed by atoms with Gasteiger partial charge < -0.3 is 10.3 Å². The standard InChI is InChI=1S/C13H15BrN2/c1-13(2)6-10-9-4-3-8(14)5-11(9)16-12(10)7-15-13/h3-5,15-16H,6-7H2,1-2H3. The molecule has 1 aromatic heterocycles. The Morgan fingerprint density at radius 2 is 2.12 bits per heavy atom. The van der Waals surface area contributed by atoms with Crippen LogP contribution in [0.3, 0.4) is 0 Å². The lowest BCUT2D eigenvalue weighted by Crippen LogP contribution is -2.44. The fourth-order valence-corrected chi connectivity index (χ4v) is 2.83. The van der Waals surface area contributed by atoms with Crippen molar-refractivity contribution >= 4 is 26.8 Å². The number of fused-ring (bicyclic) bond motifs is 3. The number of nitrogens with one attached hydrogen (secondary N) is 2. The van der Waals surface area contributed by atoms with Crippen molar-refractivity contribution in [1.82, 2.24) is 10.3 Å². The van der Waals surface area contributed by atoms with Crippen LogP contribution in [-0.4, -0.2) is 10.5 Å². The maximum absolute atomic E-state index is 3.55. The van der Waals surface area contributed by atoms with Crippen LogP contribution in [-0.2, 0) is 13.0 Å². The molecule has 2 heterocycles. The summed E-state index contributed by atoms with van der Waals surface area (Å²) in [5, 5.41) is 4.92. The minimum Gasteiger partial charge on any atom is -0.357 e. The molecular formula is C13H15BrN2. The van der Waals surface area contributed by atoms with E-state index in [9.17, 15) is 0 Å². The third-order valence-electron chi connectivity index (χ3n) is 3.32. The Balaban J connectivity index is 2.22. The summed E-state index contributed by atoms with van der Waals surface area (Å²) in [5.74, 6) is 0. The van der Waals surface area contributed by atoms with Gasteiger partial charge in [-0.1, -0.05) is 22.0 Å². The van der Waals surface area contributed by atoms with Gasteiger partial charge in [0.05, 0.1) is 0 Å². The number of hydrogen-bond donors (Lipinski definition) is 2. The van der Waals surface area contributed by atoms with Crippen molar-refractivity contribution in [3.05, 3.63) is 33.9 Å². The predicted octanol–water partition coefficient (Wildman–Crippen LogP) is 3.35. The van der Waals surface area contributed by atoms with E-state index >= 15 is 0 Å². The van der Waals surface area contributed by atoms with Crippen molar-refractivity contribution < 1.29 is 0 Å². The summed E-state index contributed by atoms with van der Waals surface area (Å²) in [6, 6.07) is 6.47. The lowest BCUT2D eigenvalue weighted by Gasteiger charge is -2.31. The van der Waals surface area contributed by atoms with E-state index in [2.05, 4.69) is 58.3 Å². The van der Waals surface area contributed by atoms with E-state index in [0.717, 1.165) is 17.4 Å². The SMILES string of the molecule is CC1(C)Cc2c([nH]c3cc(Br)ccc23)CN1. The maximum Gasteiger partial charge on any atom is 0.0470 e. The molecule has 0 spiro atoms. The number of H-pyrrole nitrogens is 1. The molecule has 0 radical (unpaired) electrons. The van der Waals surface area contributed by atoms with Gasteiger partial charge in [-0.2, -0.15) is 0 Å². The van der Waals surface area contributed by atoms with E-state index in [-0.39, 0.29) is 5.54 Å². The molecule has 2 nitrogen and oxygen atoms in total. The number of hydrogen-bond acceptors (Lipinski definition) is 1. The van der Waals surface area contributed by atoms with Gasteiger partial charge in [0.15, 0.2) is 0 Å². The summed E-state index contributed by atoms with van der Waals surface area (Å²) in [6.45, 7) is 5.45. The van der Waals surface area contributed by atoms with Crippen molar-refractivity contribution in [3.8, 4) is 0 Å². The van der Waals surface area contributed by atoms with Crippen LogP contribution in [0.4, 0.5) is 0 Å². The zero-order valence-electron chi connectivity index (χ0n) is 9.52. The molecule has 0 saturated carbocycles. The first-order valence-electron chi connectivity index (χ1n) is 5.59. The molecule has 0 amide bonds. The second-order valence-corrected chi connectivity index (χ2v) is 6.10. The second kappa shape index (κ2) is 3.34. The van der Waals surface area contributed by atoms with Crippen molar-refractivity contribution in [2.45, 2.75) is 32.4 Å². The molecule has 1 aromatic carbocycles. The van der Waals surface area contributed by atoms with E-state index < -0.39 is 0 Å². The molecule has 0 unspecified atom stereocenters. The first-order valence-corrected chi connectivity index (χ1v) is 6.38. The highest BCUT2D eigenvalue weighted by atomic mass is 79.9. The van der Waals surface area contributed by atoms with Gasteiger partial charge in [-0.05, 0) is 38.0 Å². The molecule has 3 heteroatoms. The monoisotopic (exact) mass is 278 g/mol. The Hall–Kier alpha value is -0.800. The maximum atomic E-state index is 3.55. The summed E-state index contributed by atoms with van der Waals surface area (Å²) in [4.78, 5) is 3.50. The summed E-state index contributed by atoms with van der Waals surface area (Å²) in [6.07, 6.45) is 1.09. The van der Waals surface area contributed by atoms with Crippen LogP contribution in [0.5, 0.6) is 0 Å². The molecule has 0 bridgehead atoms. The number of aromatic amines is 1. The summed E-state index contributed by atoms with van der Waals surface area (Å²) in [5.41, 5.74) is 4.26. The van der Waals surface area contributed by atoms with Crippen LogP contribution in [0.25, 0.3) is 10.9 Å². The Bertz CT molecular complexity index is 554. The molecule has 1 aliphatic heterocycles. The number of benzene rings is 1. The van der Waals surface area contributed by atoms with Crippen molar-refractivity contribution in [2.24, 2.45) is 0 Å². The van der Waals surface area contributed by atoms with Crippen LogP contribution in [0, 0.1) is 0 Å².